The van der Waals surface area contributed by atoms with Crippen LogP contribution in [0.4, 0.5) is 22.7 Å². The number of rotatable bonds is 7. The minimum absolute atomic E-state index is 0.0728. The molecule has 5 nitrogen and oxygen atoms in total. The van der Waals surface area contributed by atoms with Crippen LogP contribution in [-0.4, -0.2) is 12.4 Å². The molecule has 2 aliphatic rings. The summed E-state index contributed by atoms with van der Waals surface area (Å²) >= 11 is 7.10. The number of anilines is 4. The fraction of sp³-hybridized carbons (Fsp3) is 0.0577. The SMILES string of the molecule is Brc1ccc2c(c1)oc1c3c4c(cccc4cc12)C=CN3c1ccccc1.CCC(=O)COc1cc(Br)ccc1-c1cc2c3c(cccc3c1)C=CN2c1ccccc1. The molecule has 0 saturated carbocycles. The van der Waals surface area contributed by atoms with E-state index in [-0.39, 0.29) is 12.4 Å². The largest absolute Gasteiger partial charge is 0.485 e. The smallest absolute Gasteiger partial charge is 0.169 e. The minimum Gasteiger partial charge on any atom is -0.485 e. The third kappa shape index (κ3) is 6.80. The Morgan fingerprint density at radius 1 is 0.627 bits per heavy atom. The molecule has 0 radical (unpaired) electrons. The van der Waals surface area contributed by atoms with Crippen molar-refractivity contribution in [3.05, 3.63) is 184 Å². The van der Waals surface area contributed by atoms with Crippen molar-refractivity contribution in [3.8, 4) is 16.9 Å². The van der Waals surface area contributed by atoms with Crippen molar-refractivity contribution in [1.29, 1.82) is 0 Å². The number of ether oxygens (including phenoxy) is 1. The number of furan rings is 1. The number of benzene rings is 8. The van der Waals surface area contributed by atoms with Crippen molar-refractivity contribution in [2.24, 2.45) is 0 Å². The van der Waals surface area contributed by atoms with Gasteiger partial charge in [-0.2, -0.15) is 0 Å². The van der Waals surface area contributed by atoms with Crippen LogP contribution in [0.25, 0.3) is 66.8 Å². The van der Waals surface area contributed by atoms with Crippen molar-refractivity contribution in [2.75, 3.05) is 16.4 Å². The van der Waals surface area contributed by atoms with Crippen LogP contribution in [0, 0.1) is 0 Å². The second-order valence-corrected chi connectivity index (χ2v) is 16.4. The molecule has 0 saturated heterocycles. The van der Waals surface area contributed by atoms with E-state index in [0.29, 0.717) is 12.2 Å². The number of halogens is 2. The number of para-hydroxylation sites is 2. The van der Waals surface area contributed by atoms with Gasteiger partial charge in [0.1, 0.15) is 17.9 Å². The molecule has 8 aromatic carbocycles. The van der Waals surface area contributed by atoms with Gasteiger partial charge in [0.25, 0.3) is 0 Å². The zero-order valence-electron chi connectivity index (χ0n) is 32.0. The fourth-order valence-corrected chi connectivity index (χ4v) is 8.82. The highest BCUT2D eigenvalue weighted by Gasteiger charge is 2.24. The molecule has 2 aliphatic heterocycles. The molecule has 0 spiro atoms. The van der Waals surface area contributed by atoms with E-state index in [1.54, 1.807) is 0 Å². The average molecular weight is 897 g/mol. The van der Waals surface area contributed by atoms with Crippen LogP contribution in [0.15, 0.2) is 177 Å². The Balaban J connectivity index is 0.000000144. The van der Waals surface area contributed by atoms with Crippen LogP contribution in [0.3, 0.4) is 0 Å². The fourth-order valence-electron chi connectivity index (χ4n) is 8.14. The van der Waals surface area contributed by atoms with E-state index in [0.717, 1.165) is 64.8 Å². The van der Waals surface area contributed by atoms with Gasteiger partial charge in [-0.3, -0.25) is 4.79 Å². The third-order valence-corrected chi connectivity index (χ3v) is 12.0. The van der Waals surface area contributed by atoms with E-state index in [4.69, 9.17) is 9.15 Å². The molecule has 0 aliphatic carbocycles. The van der Waals surface area contributed by atoms with Gasteiger partial charge >= 0.3 is 0 Å². The van der Waals surface area contributed by atoms with Gasteiger partial charge in [-0.1, -0.05) is 112 Å². The minimum atomic E-state index is 0.0728. The molecular formula is C52H36Br2N2O3. The molecular weight excluding hydrogens is 860 g/mol. The number of carbonyl (C=O) groups is 1. The number of ketones is 1. The van der Waals surface area contributed by atoms with Crippen molar-refractivity contribution in [2.45, 2.75) is 13.3 Å². The van der Waals surface area contributed by atoms with Crippen LogP contribution in [-0.2, 0) is 4.79 Å². The van der Waals surface area contributed by atoms with Gasteiger partial charge in [-0.25, -0.2) is 0 Å². The van der Waals surface area contributed by atoms with Gasteiger partial charge in [-0.05, 0) is 118 Å². The summed E-state index contributed by atoms with van der Waals surface area (Å²) in [5, 5.41) is 7.13. The predicted molar refractivity (Wildman–Crippen MR) is 252 cm³/mol. The van der Waals surface area contributed by atoms with Crippen LogP contribution >= 0.6 is 31.9 Å². The number of fused-ring (bicyclic) bond motifs is 4. The standard InChI is InChI=1S/C28H22BrNO2.C24H14BrNO/c1-2-24(31)18-32-27-17-22(29)11-12-25(27)21-15-20-8-6-7-19-13-14-30(26(16-21)28(19)20)23-9-4-3-5-10-23;25-17-9-10-19-20-13-16-6-4-5-15-11-12-26(18-7-2-1-3-8-18)23(22(15)16)24(20)27-21(19)14-17/h3-17H,2,18H2,1H3;1-14H. The first kappa shape index (κ1) is 36.9. The lowest BCUT2D eigenvalue weighted by molar-refractivity contribution is -0.120. The van der Waals surface area contributed by atoms with Gasteiger partial charge in [0.05, 0.1) is 11.4 Å². The topological polar surface area (TPSA) is 45.9 Å². The maximum atomic E-state index is 11.9. The zero-order valence-corrected chi connectivity index (χ0v) is 35.2. The maximum absolute atomic E-state index is 11.9. The van der Waals surface area contributed by atoms with Crippen LogP contribution in [0.2, 0.25) is 0 Å². The van der Waals surface area contributed by atoms with Crippen LogP contribution < -0.4 is 14.5 Å². The predicted octanol–water partition coefficient (Wildman–Crippen LogP) is 15.4. The Hall–Kier alpha value is -6.41. The molecule has 7 heteroatoms. The molecule has 59 heavy (non-hydrogen) atoms. The average Bonchev–Trinajstić information content (AvgIpc) is 3.64. The van der Waals surface area contributed by atoms with Crippen molar-refractivity contribution < 1.29 is 13.9 Å². The summed E-state index contributed by atoms with van der Waals surface area (Å²) in [6.07, 6.45) is 9.05. The number of Topliss-reactive ketones (excluding diaryl/α,β-unsaturated/α-hetero) is 1. The number of hydrogen-bond donors (Lipinski definition) is 0. The molecule has 11 rings (SSSR count). The van der Waals surface area contributed by atoms with Gasteiger partial charge in [-0.15, -0.1) is 0 Å². The molecule has 0 amide bonds. The Kier molecular flexibility index (Phi) is 9.63. The van der Waals surface area contributed by atoms with Crippen LogP contribution in [0.5, 0.6) is 5.75 Å². The summed E-state index contributed by atoms with van der Waals surface area (Å²) < 4.78 is 14.3. The summed E-state index contributed by atoms with van der Waals surface area (Å²) in [5.41, 5.74) is 10.7. The summed E-state index contributed by atoms with van der Waals surface area (Å²) in [7, 11) is 0. The summed E-state index contributed by atoms with van der Waals surface area (Å²) in [5.74, 6) is 0.774. The lowest BCUT2D eigenvalue weighted by Crippen LogP contribution is -2.12. The van der Waals surface area contributed by atoms with Gasteiger partial charge in [0.15, 0.2) is 11.4 Å². The third-order valence-electron chi connectivity index (χ3n) is 11.0. The summed E-state index contributed by atoms with van der Waals surface area (Å²) in [4.78, 5) is 16.3. The second kappa shape index (κ2) is 15.4. The quantitative estimate of drug-likeness (QED) is 0.159. The number of nitrogens with zero attached hydrogens (tertiary/aromatic N) is 2. The van der Waals surface area contributed by atoms with E-state index in [1.807, 2.05) is 43.3 Å². The molecule has 0 fully saturated rings. The van der Waals surface area contributed by atoms with Crippen molar-refractivity contribution in [3.63, 3.8) is 0 Å². The highest BCUT2D eigenvalue weighted by Crippen LogP contribution is 2.47. The lowest BCUT2D eigenvalue weighted by Gasteiger charge is -2.27. The molecule has 3 heterocycles. The monoisotopic (exact) mass is 894 g/mol. The second-order valence-electron chi connectivity index (χ2n) is 14.6. The van der Waals surface area contributed by atoms with Crippen molar-refractivity contribution >= 4 is 116 Å². The zero-order chi connectivity index (χ0) is 40.0. The molecule has 9 aromatic rings. The molecule has 1 aromatic heterocycles. The highest BCUT2D eigenvalue weighted by molar-refractivity contribution is 9.10. The van der Waals surface area contributed by atoms with E-state index in [9.17, 15) is 4.79 Å². The van der Waals surface area contributed by atoms with Gasteiger partial charge < -0.3 is 19.0 Å². The van der Waals surface area contributed by atoms with Gasteiger partial charge in [0.2, 0.25) is 0 Å². The normalized spacial score (nSPS) is 12.7. The van der Waals surface area contributed by atoms with E-state index in [1.165, 1.54) is 32.7 Å². The Morgan fingerprint density at radius 2 is 1.27 bits per heavy atom. The molecule has 0 bridgehead atoms. The van der Waals surface area contributed by atoms with E-state index < -0.39 is 0 Å². The van der Waals surface area contributed by atoms with Crippen molar-refractivity contribution in [1.82, 2.24) is 0 Å². The van der Waals surface area contributed by atoms with E-state index in [2.05, 4.69) is 181 Å². The van der Waals surface area contributed by atoms with Crippen LogP contribution in [0.1, 0.15) is 24.5 Å². The Labute approximate surface area is 358 Å². The maximum Gasteiger partial charge on any atom is 0.169 e. The molecule has 0 unspecified atom stereocenters. The Bertz CT molecular complexity index is 3150. The number of hydrogen-bond acceptors (Lipinski definition) is 5. The molecule has 0 N–H and O–H groups in total. The first-order chi connectivity index (χ1) is 28.9. The summed E-state index contributed by atoms with van der Waals surface area (Å²) in [6, 6.07) is 52.5. The summed E-state index contributed by atoms with van der Waals surface area (Å²) in [6.45, 7) is 1.92. The molecule has 286 valence electrons. The first-order valence-electron chi connectivity index (χ1n) is 19.6. The highest BCUT2D eigenvalue weighted by atomic mass is 79.9. The lowest BCUT2D eigenvalue weighted by atomic mass is 9.94. The number of carbonyl (C=O) groups excluding carboxylic acids is 1. The first-order valence-corrected chi connectivity index (χ1v) is 21.2. The van der Waals surface area contributed by atoms with E-state index >= 15 is 0 Å². The Morgan fingerprint density at radius 3 is 2.00 bits per heavy atom. The molecule has 0 atom stereocenters. The van der Waals surface area contributed by atoms with Gasteiger partial charge in [0, 0.05) is 66.2 Å².